The van der Waals surface area contributed by atoms with E-state index in [1.165, 1.54) is 6.07 Å². The minimum absolute atomic E-state index is 0.123. The molecular weight excluding hydrogens is 407 g/mol. The molecule has 0 unspecified atom stereocenters. The molecule has 31 heavy (non-hydrogen) atoms. The van der Waals surface area contributed by atoms with Gasteiger partial charge in [-0.05, 0) is 67.8 Å². The van der Waals surface area contributed by atoms with Crippen molar-refractivity contribution in [3.8, 4) is 0 Å². The topological polar surface area (TPSA) is 71.5 Å². The summed E-state index contributed by atoms with van der Waals surface area (Å²) >= 11 is 0. The Labute approximate surface area is 177 Å². The number of nitrogens with two attached hydrogens (primary N) is 1. The van der Waals surface area contributed by atoms with E-state index in [-0.39, 0.29) is 12.8 Å². The second kappa shape index (κ2) is 8.63. The van der Waals surface area contributed by atoms with Gasteiger partial charge in [-0.2, -0.15) is 13.2 Å². The summed E-state index contributed by atoms with van der Waals surface area (Å²) < 4.78 is 43.9. The molecule has 3 N–H and O–H groups in total. The molecule has 0 aliphatic carbocycles. The zero-order valence-electron chi connectivity index (χ0n) is 16.9. The number of rotatable bonds is 5. The average molecular weight is 431 g/mol. The van der Waals surface area contributed by atoms with Crippen LogP contribution >= 0.6 is 0 Å². The molecule has 1 aromatic heterocycles. The minimum Gasteiger partial charge on any atom is -0.423 e. The number of hydrogen-bond acceptors (Lipinski definition) is 5. The molecule has 2 aromatic carbocycles. The number of halogens is 3. The lowest BCUT2D eigenvalue weighted by atomic mass is 9.96. The van der Waals surface area contributed by atoms with Crippen molar-refractivity contribution in [3.05, 3.63) is 64.5 Å². The van der Waals surface area contributed by atoms with Gasteiger partial charge < -0.3 is 20.4 Å². The van der Waals surface area contributed by atoms with Crippen molar-refractivity contribution in [3.63, 3.8) is 0 Å². The summed E-state index contributed by atoms with van der Waals surface area (Å²) in [6.07, 6.45) is -3.27. The van der Waals surface area contributed by atoms with Crippen molar-refractivity contribution in [1.82, 2.24) is 0 Å². The first-order chi connectivity index (χ1) is 14.8. The first-order valence-corrected chi connectivity index (χ1v) is 10.3. The Morgan fingerprint density at radius 3 is 2.35 bits per heavy atom. The summed E-state index contributed by atoms with van der Waals surface area (Å²) in [6.45, 7) is 1.23. The Bertz CT molecular complexity index is 1100. The Morgan fingerprint density at radius 2 is 1.71 bits per heavy atom. The zero-order chi connectivity index (χ0) is 22.0. The first-order valence-electron chi connectivity index (χ1n) is 10.3. The SMILES string of the molecule is NCCc1cc(=O)oc2cc(Nc3ccc(N4CCC(C(F)(F)F)CC4)cc3)ccc12. The van der Waals surface area contributed by atoms with Gasteiger partial charge in [-0.25, -0.2) is 4.79 Å². The van der Waals surface area contributed by atoms with Crippen LogP contribution in [0.25, 0.3) is 11.0 Å². The van der Waals surface area contributed by atoms with Gasteiger partial charge >= 0.3 is 11.8 Å². The zero-order valence-corrected chi connectivity index (χ0v) is 16.9. The number of hydrogen-bond donors (Lipinski definition) is 2. The number of anilines is 3. The molecule has 0 atom stereocenters. The van der Waals surface area contributed by atoms with Crippen molar-refractivity contribution in [2.45, 2.75) is 25.4 Å². The Morgan fingerprint density at radius 1 is 1.03 bits per heavy atom. The lowest BCUT2D eigenvalue weighted by molar-refractivity contribution is -0.179. The molecule has 4 rings (SSSR count). The van der Waals surface area contributed by atoms with E-state index in [1.54, 1.807) is 6.07 Å². The largest absolute Gasteiger partial charge is 0.423 e. The quantitative estimate of drug-likeness (QED) is 0.567. The number of alkyl halides is 3. The Balaban J connectivity index is 1.46. The second-order valence-corrected chi connectivity index (χ2v) is 7.82. The fourth-order valence-electron chi connectivity index (χ4n) is 4.06. The molecule has 2 heterocycles. The van der Waals surface area contributed by atoms with E-state index in [0.717, 1.165) is 28.0 Å². The van der Waals surface area contributed by atoms with Crippen LogP contribution in [0.3, 0.4) is 0 Å². The molecule has 1 aliphatic heterocycles. The van der Waals surface area contributed by atoms with Crippen molar-refractivity contribution >= 4 is 28.0 Å². The highest BCUT2D eigenvalue weighted by Gasteiger charge is 2.41. The Hall–Kier alpha value is -3.00. The monoisotopic (exact) mass is 431 g/mol. The van der Waals surface area contributed by atoms with E-state index in [9.17, 15) is 18.0 Å². The molecule has 1 fully saturated rings. The van der Waals surface area contributed by atoms with Crippen molar-refractivity contribution in [2.24, 2.45) is 11.7 Å². The maximum absolute atomic E-state index is 12.9. The number of fused-ring (bicyclic) bond motifs is 1. The second-order valence-electron chi connectivity index (χ2n) is 7.82. The Kier molecular flexibility index (Phi) is 5.91. The van der Waals surface area contributed by atoms with E-state index in [1.807, 2.05) is 41.3 Å². The van der Waals surface area contributed by atoms with Gasteiger partial charge in [-0.15, -0.1) is 0 Å². The molecule has 3 aromatic rings. The predicted molar refractivity (Wildman–Crippen MR) is 116 cm³/mol. The van der Waals surface area contributed by atoms with E-state index >= 15 is 0 Å². The number of piperidine rings is 1. The normalized spacial score (nSPS) is 15.4. The molecule has 0 saturated carbocycles. The number of nitrogens with zero attached hydrogens (tertiary/aromatic N) is 1. The lowest BCUT2D eigenvalue weighted by Gasteiger charge is -2.34. The molecule has 0 spiro atoms. The van der Waals surface area contributed by atoms with Crippen LogP contribution in [0.1, 0.15) is 18.4 Å². The molecule has 0 amide bonds. The summed E-state index contributed by atoms with van der Waals surface area (Å²) in [6, 6.07) is 14.6. The minimum atomic E-state index is -4.11. The molecule has 0 bridgehead atoms. The van der Waals surface area contributed by atoms with E-state index in [0.29, 0.717) is 31.6 Å². The molecule has 0 radical (unpaired) electrons. The fourth-order valence-corrected chi connectivity index (χ4v) is 4.06. The van der Waals surface area contributed by atoms with Gasteiger partial charge in [0.25, 0.3) is 0 Å². The summed E-state index contributed by atoms with van der Waals surface area (Å²) in [7, 11) is 0. The van der Waals surface area contributed by atoms with Crippen molar-refractivity contribution < 1.29 is 17.6 Å². The van der Waals surface area contributed by atoms with Crippen LogP contribution < -0.4 is 21.6 Å². The lowest BCUT2D eigenvalue weighted by Crippen LogP contribution is -2.38. The van der Waals surface area contributed by atoms with E-state index in [2.05, 4.69) is 5.32 Å². The van der Waals surface area contributed by atoms with Crippen molar-refractivity contribution in [2.75, 3.05) is 29.9 Å². The maximum Gasteiger partial charge on any atom is 0.391 e. The van der Waals surface area contributed by atoms with Gasteiger partial charge in [0.15, 0.2) is 0 Å². The molecular formula is C23H24F3N3O2. The predicted octanol–water partition coefficient (Wildman–Crippen LogP) is 4.82. The maximum atomic E-state index is 12.9. The average Bonchev–Trinajstić information content (AvgIpc) is 2.74. The molecule has 8 heteroatoms. The summed E-state index contributed by atoms with van der Waals surface area (Å²) in [5, 5.41) is 4.12. The van der Waals surface area contributed by atoms with Crippen LogP contribution in [-0.2, 0) is 6.42 Å². The van der Waals surface area contributed by atoms with E-state index < -0.39 is 17.7 Å². The van der Waals surface area contributed by atoms with Crippen LogP contribution in [0, 0.1) is 5.92 Å². The van der Waals surface area contributed by atoms with E-state index in [4.69, 9.17) is 10.2 Å². The van der Waals surface area contributed by atoms with Gasteiger partial charge in [-0.1, -0.05) is 0 Å². The standard InChI is InChI=1S/C23H24F3N3O2/c24-23(25,26)16-8-11-29(12-9-16)19-4-1-17(2-5-19)28-18-3-6-20-15(7-10-27)13-22(30)31-21(20)14-18/h1-6,13-14,16,28H,7-12,27H2. The van der Waals surface area contributed by atoms with Gasteiger partial charge in [0, 0.05) is 47.7 Å². The fraction of sp³-hybridized carbons (Fsp3) is 0.348. The van der Waals surface area contributed by atoms with Gasteiger partial charge in [0.05, 0.1) is 5.92 Å². The van der Waals surface area contributed by atoms with Crippen LogP contribution in [0.4, 0.5) is 30.2 Å². The summed E-state index contributed by atoms with van der Waals surface area (Å²) in [5.74, 6) is -1.21. The third-order valence-electron chi connectivity index (χ3n) is 5.72. The molecule has 164 valence electrons. The van der Waals surface area contributed by atoms with Crippen LogP contribution in [0.2, 0.25) is 0 Å². The van der Waals surface area contributed by atoms with Crippen LogP contribution in [0.15, 0.2) is 57.7 Å². The van der Waals surface area contributed by atoms with Gasteiger partial charge in [0.2, 0.25) is 0 Å². The summed E-state index contributed by atoms with van der Waals surface area (Å²) in [5.41, 5.74) is 9.06. The highest BCUT2D eigenvalue weighted by molar-refractivity contribution is 5.84. The van der Waals surface area contributed by atoms with Crippen LogP contribution in [0.5, 0.6) is 0 Å². The number of benzene rings is 2. The highest BCUT2D eigenvalue weighted by Crippen LogP contribution is 2.35. The first kappa shape index (κ1) is 21.2. The molecule has 1 saturated heterocycles. The smallest absolute Gasteiger partial charge is 0.391 e. The van der Waals surface area contributed by atoms with Gasteiger partial charge in [0.1, 0.15) is 5.58 Å². The third kappa shape index (κ3) is 4.85. The molecule has 5 nitrogen and oxygen atoms in total. The van der Waals surface area contributed by atoms with Crippen LogP contribution in [-0.4, -0.2) is 25.8 Å². The third-order valence-corrected chi connectivity index (χ3v) is 5.72. The number of nitrogens with one attached hydrogen (secondary N) is 1. The van der Waals surface area contributed by atoms with Crippen molar-refractivity contribution in [1.29, 1.82) is 0 Å². The molecule has 1 aliphatic rings. The van der Waals surface area contributed by atoms with Gasteiger partial charge in [-0.3, -0.25) is 0 Å². The summed E-state index contributed by atoms with van der Waals surface area (Å²) in [4.78, 5) is 13.8. The highest BCUT2D eigenvalue weighted by atomic mass is 19.4.